The van der Waals surface area contributed by atoms with Crippen molar-refractivity contribution in [2.45, 2.75) is 39.8 Å². The number of rotatable bonds is 2. The van der Waals surface area contributed by atoms with Gasteiger partial charge < -0.3 is 0 Å². The van der Waals surface area contributed by atoms with E-state index in [2.05, 4.69) is 13.8 Å². The van der Waals surface area contributed by atoms with Crippen LogP contribution in [0.15, 0.2) is 83.6 Å². The first kappa shape index (κ1) is 25.7. The van der Waals surface area contributed by atoms with Gasteiger partial charge in [-0.15, -0.1) is 0 Å². The van der Waals surface area contributed by atoms with E-state index in [1.165, 1.54) is 0 Å². The van der Waals surface area contributed by atoms with E-state index in [0.717, 1.165) is 44.9 Å². The van der Waals surface area contributed by atoms with Gasteiger partial charge in [0.25, 0.3) is 5.91 Å². The highest BCUT2D eigenvalue weighted by Crippen LogP contribution is 2.58. The number of hydrogen-bond donors (Lipinski definition) is 0. The number of hydrogen-bond acceptors (Lipinski definition) is 2. The highest BCUT2D eigenvalue weighted by atomic mass is 35.5. The van der Waals surface area contributed by atoms with E-state index in [4.69, 9.17) is 23.2 Å². The molecule has 0 spiro atoms. The minimum absolute atomic E-state index is 0.0235. The van der Waals surface area contributed by atoms with Crippen molar-refractivity contribution in [1.82, 2.24) is 4.90 Å². The predicted molar refractivity (Wildman–Crippen MR) is 158 cm³/mol. The van der Waals surface area contributed by atoms with Crippen molar-refractivity contribution in [3.05, 3.63) is 105 Å². The van der Waals surface area contributed by atoms with E-state index in [-0.39, 0.29) is 23.9 Å². The number of aryl methyl sites for hydroxylation is 1. The van der Waals surface area contributed by atoms with Crippen molar-refractivity contribution in [2.75, 3.05) is 16.8 Å². The summed E-state index contributed by atoms with van der Waals surface area (Å²) in [4.78, 5) is 33.8. The largest absolute Gasteiger partial charge is 0.329 e. The number of carbonyl (C=O) groups excluding carboxylic acids is 2. The maximum Gasteiger partial charge on any atom is 0.329 e. The van der Waals surface area contributed by atoms with Gasteiger partial charge in [0.15, 0.2) is 0 Å². The standard InChI is InChI=1S/C32H29Cl2N3O2/c1-17(2)28-27-24(15-19(4)36(28)32(39)35(5)21-9-7-6-8-10-21)31(38)37-29-18(3)11-14-25(34)26(29)23-16-20(33)12-13-22(23)30(27)37/h6-17,19,30H,1-5H3/t19-,30?/m1/s1. The number of fused-ring (bicyclic) bond motifs is 8. The third-order valence-corrected chi connectivity index (χ3v) is 8.50. The Hall–Kier alpha value is -3.54. The van der Waals surface area contributed by atoms with Crippen molar-refractivity contribution < 1.29 is 9.59 Å². The van der Waals surface area contributed by atoms with Crippen LogP contribution in [0.1, 0.15) is 37.9 Å². The summed E-state index contributed by atoms with van der Waals surface area (Å²) in [5, 5.41) is 1.17. The van der Waals surface area contributed by atoms with Gasteiger partial charge in [-0.1, -0.05) is 67.4 Å². The van der Waals surface area contributed by atoms with Gasteiger partial charge in [-0.25, -0.2) is 4.79 Å². The molecule has 0 aromatic heterocycles. The molecule has 39 heavy (non-hydrogen) atoms. The van der Waals surface area contributed by atoms with E-state index < -0.39 is 6.04 Å². The van der Waals surface area contributed by atoms with E-state index in [9.17, 15) is 9.59 Å². The first-order valence-electron chi connectivity index (χ1n) is 13.1. The molecule has 0 aliphatic carbocycles. The smallest absolute Gasteiger partial charge is 0.297 e. The molecule has 0 radical (unpaired) electrons. The average molecular weight is 559 g/mol. The number of halogens is 2. The second-order valence-electron chi connectivity index (χ2n) is 10.7. The Morgan fingerprint density at radius 1 is 1.03 bits per heavy atom. The number of benzene rings is 3. The van der Waals surface area contributed by atoms with Crippen LogP contribution < -0.4 is 9.80 Å². The Balaban J connectivity index is 1.61. The molecule has 3 aromatic carbocycles. The van der Waals surface area contributed by atoms with E-state index in [0.29, 0.717) is 15.6 Å². The summed E-state index contributed by atoms with van der Waals surface area (Å²) >= 11 is 13.3. The van der Waals surface area contributed by atoms with Gasteiger partial charge in [0, 0.05) is 40.2 Å². The summed E-state index contributed by atoms with van der Waals surface area (Å²) in [6.45, 7) is 8.12. The number of para-hydroxylation sites is 1. The lowest BCUT2D eigenvalue weighted by Gasteiger charge is -2.41. The maximum atomic E-state index is 14.3. The first-order chi connectivity index (χ1) is 18.6. The highest BCUT2D eigenvalue weighted by Gasteiger charge is 2.51. The van der Waals surface area contributed by atoms with Crippen molar-refractivity contribution >= 4 is 46.5 Å². The topological polar surface area (TPSA) is 43.9 Å². The summed E-state index contributed by atoms with van der Waals surface area (Å²) in [6, 6.07) is 18.3. The zero-order chi connectivity index (χ0) is 27.7. The molecular formula is C32H29Cl2N3O2. The van der Waals surface area contributed by atoms with Crippen LogP contribution in [0.4, 0.5) is 16.2 Å². The molecule has 0 saturated carbocycles. The van der Waals surface area contributed by atoms with Crippen molar-refractivity contribution in [1.29, 1.82) is 0 Å². The summed E-state index contributed by atoms with van der Waals surface area (Å²) < 4.78 is 0. The first-order valence-corrected chi connectivity index (χ1v) is 13.9. The Morgan fingerprint density at radius 2 is 1.74 bits per heavy atom. The Kier molecular flexibility index (Phi) is 6.12. The van der Waals surface area contributed by atoms with Crippen molar-refractivity contribution in [3.63, 3.8) is 0 Å². The second kappa shape index (κ2) is 9.29. The van der Waals surface area contributed by atoms with Crippen LogP contribution in [0.3, 0.4) is 0 Å². The predicted octanol–water partition coefficient (Wildman–Crippen LogP) is 8.17. The van der Waals surface area contributed by atoms with E-state index >= 15 is 0 Å². The molecule has 7 heteroatoms. The Bertz CT molecular complexity index is 1610. The molecule has 1 fully saturated rings. The summed E-state index contributed by atoms with van der Waals surface area (Å²) in [5.41, 5.74) is 7.61. The summed E-state index contributed by atoms with van der Waals surface area (Å²) in [5.74, 6) is -0.0969. The SMILES string of the molecule is Cc1ccc(Cl)c2c1N1C(=O)C3=C[C@@H](C)N(C(=O)N(C)c4ccccc4)C(C(C)C)=C3C1c1ccc(Cl)cc1-2. The molecule has 3 heterocycles. The van der Waals surface area contributed by atoms with E-state index in [1.54, 1.807) is 11.9 Å². The second-order valence-corrected chi connectivity index (χ2v) is 11.6. The zero-order valence-electron chi connectivity index (χ0n) is 22.5. The number of urea groups is 1. The van der Waals surface area contributed by atoms with Gasteiger partial charge >= 0.3 is 6.03 Å². The highest BCUT2D eigenvalue weighted by molar-refractivity contribution is 6.35. The monoisotopic (exact) mass is 557 g/mol. The molecule has 3 aliphatic rings. The average Bonchev–Trinajstić information content (AvgIpc) is 3.20. The number of anilines is 2. The molecule has 0 bridgehead atoms. The molecule has 1 unspecified atom stereocenters. The number of carbonyl (C=O) groups is 2. The van der Waals surface area contributed by atoms with Crippen molar-refractivity contribution in [2.24, 2.45) is 5.92 Å². The number of amides is 3. The van der Waals surface area contributed by atoms with Crippen LogP contribution in [-0.2, 0) is 4.79 Å². The van der Waals surface area contributed by atoms with Crippen LogP contribution >= 0.6 is 23.2 Å². The van der Waals surface area contributed by atoms with E-state index in [1.807, 2.05) is 90.4 Å². The quantitative estimate of drug-likeness (QED) is 0.319. The van der Waals surface area contributed by atoms with Gasteiger partial charge in [-0.3, -0.25) is 19.5 Å². The fourth-order valence-corrected chi connectivity index (χ4v) is 6.71. The molecule has 0 N–H and O–H groups in total. The summed E-state index contributed by atoms with van der Waals surface area (Å²) in [6.07, 6.45) is 1.94. The lowest BCUT2D eigenvalue weighted by molar-refractivity contribution is -0.114. The molecular weight excluding hydrogens is 529 g/mol. The third-order valence-electron chi connectivity index (χ3n) is 7.95. The molecule has 198 valence electrons. The van der Waals surface area contributed by atoms with Crippen LogP contribution in [0.25, 0.3) is 11.1 Å². The molecule has 2 atom stereocenters. The lowest BCUT2D eigenvalue weighted by Crippen LogP contribution is -2.48. The van der Waals surface area contributed by atoms with Gasteiger partial charge in [0.2, 0.25) is 0 Å². The molecule has 5 nitrogen and oxygen atoms in total. The Morgan fingerprint density at radius 3 is 2.44 bits per heavy atom. The minimum Gasteiger partial charge on any atom is -0.297 e. The zero-order valence-corrected chi connectivity index (χ0v) is 24.0. The molecule has 1 saturated heterocycles. The number of nitrogens with zero attached hydrogens (tertiary/aromatic N) is 3. The summed E-state index contributed by atoms with van der Waals surface area (Å²) in [7, 11) is 1.79. The van der Waals surface area contributed by atoms with Gasteiger partial charge in [-0.2, -0.15) is 0 Å². The Labute approximate surface area is 238 Å². The van der Waals surface area contributed by atoms with Gasteiger partial charge in [-0.05, 0) is 72.9 Å². The van der Waals surface area contributed by atoms with Gasteiger partial charge in [0.1, 0.15) is 0 Å². The van der Waals surface area contributed by atoms with Crippen LogP contribution in [0.2, 0.25) is 10.0 Å². The van der Waals surface area contributed by atoms with Crippen LogP contribution in [-0.4, -0.2) is 29.9 Å². The maximum absolute atomic E-state index is 14.3. The molecule has 3 aromatic rings. The molecule has 3 amide bonds. The van der Waals surface area contributed by atoms with Crippen LogP contribution in [0.5, 0.6) is 0 Å². The lowest BCUT2D eigenvalue weighted by atomic mass is 9.82. The van der Waals surface area contributed by atoms with Gasteiger partial charge in [0.05, 0.1) is 22.8 Å². The number of allylic oxidation sites excluding steroid dienone is 1. The fraction of sp³-hybridized carbons (Fsp3) is 0.250. The molecule has 3 aliphatic heterocycles. The fourth-order valence-electron chi connectivity index (χ4n) is 6.28. The van der Waals surface area contributed by atoms with Crippen LogP contribution in [0, 0.1) is 12.8 Å². The minimum atomic E-state index is -0.400. The van der Waals surface area contributed by atoms with Crippen molar-refractivity contribution in [3.8, 4) is 11.1 Å². The normalized spacial score (nSPS) is 19.5. The third kappa shape index (κ3) is 3.75. The molecule has 6 rings (SSSR count).